The molecule has 48 valence electrons. The van der Waals surface area contributed by atoms with Crippen LogP contribution in [0.25, 0.3) is 0 Å². The standard InChI is InChI=1S/C4H4N2O2S.Na/c7-9(8)4-5-2-1-3-6-4;/h1-3H,(H,7,8);/q;+1/p-1. The summed E-state index contributed by atoms with van der Waals surface area (Å²) in [6, 6.07) is 1.55. The Kier molecular flexibility index (Phi) is 5.02. The van der Waals surface area contributed by atoms with Gasteiger partial charge in [0.05, 0.1) is 0 Å². The van der Waals surface area contributed by atoms with Crippen LogP contribution in [0.4, 0.5) is 0 Å². The summed E-state index contributed by atoms with van der Waals surface area (Å²) in [5.41, 5.74) is 0. The minimum Gasteiger partial charge on any atom is -0.766 e. The van der Waals surface area contributed by atoms with Gasteiger partial charge in [0.25, 0.3) is 0 Å². The van der Waals surface area contributed by atoms with Gasteiger partial charge in [0.15, 0.2) is 0 Å². The van der Waals surface area contributed by atoms with Crippen molar-refractivity contribution in [1.82, 2.24) is 9.97 Å². The van der Waals surface area contributed by atoms with Crippen LogP contribution < -0.4 is 29.6 Å². The molecule has 0 fully saturated rings. The molecule has 1 aromatic heterocycles. The maximum Gasteiger partial charge on any atom is 1.00 e. The van der Waals surface area contributed by atoms with Crippen LogP contribution in [0.1, 0.15) is 0 Å². The van der Waals surface area contributed by atoms with E-state index in [2.05, 4.69) is 9.97 Å². The van der Waals surface area contributed by atoms with Gasteiger partial charge in [-0.25, -0.2) is 9.97 Å². The molecule has 1 rings (SSSR count). The Morgan fingerprint density at radius 1 is 1.40 bits per heavy atom. The molecule has 0 N–H and O–H groups in total. The first-order valence-electron chi connectivity index (χ1n) is 2.17. The van der Waals surface area contributed by atoms with E-state index in [4.69, 9.17) is 0 Å². The Hall–Kier alpha value is 0.190. The van der Waals surface area contributed by atoms with E-state index in [1.54, 1.807) is 6.07 Å². The molecular weight excluding hydrogens is 163 g/mol. The Bertz CT molecular complexity index is 218. The molecule has 0 aliphatic heterocycles. The first-order valence-corrected chi connectivity index (χ1v) is 3.24. The third kappa shape index (κ3) is 2.85. The second kappa shape index (κ2) is 4.92. The van der Waals surface area contributed by atoms with Gasteiger partial charge in [-0.05, 0) is 6.07 Å². The van der Waals surface area contributed by atoms with Crippen LogP contribution >= 0.6 is 0 Å². The van der Waals surface area contributed by atoms with Crippen LogP contribution in [-0.2, 0) is 11.1 Å². The maximum atomic E-state index is 10.1. The van der Waals surface area contributed by atoms with E-state index in [1.807, 2.05) is 0 Å². The molecule has 10 heavy (non-hydrogen) atoms. The van der Waals surface area contributed by atoms with Gasteiger partial charge in [-0.3, -0.25) is 4.21 Å². The first kappa shape index (κ1) is 10.2. The number of hydrogen-bond acceptors (Lipinski definition) is 4. The topological polar surface area (TPSA) is 65.9 Å². The van der Waals surface area contributed by atoms with Crippen molar-refractivity contribution < 1.29 is 38.3 Å². The van der Waals surface area contributed by atoms with Gasteiger partial charge in [0, 0.05) is 23.5 Å². The smallest absolute Gasteiger partial charge is 0.766 e. The average molecular weight is 166 g/mol. The number of nitrogens with zero attached hydrogens (tertiary/aromatic N) is 2. The second-order valence-corrected chi connectivity index (χ2v) is 2.10. The van der Waals surface area contributed by atoms with Crippen LogP contribution in [0.5, 0.6) is 0 Å². The van der Waals surface area contributed by atoms with Crippen LogP contribution in [0.3, 0.4) is 0 Å². The minimum absolute atomic E-state index is 0. The molecule has 1 heterocycles. The van der Waals surface area contributed by atoms with Crippen molar-refractivity contribution in [1.29, 1.82) is 0 Å². The summed E-state index contributed by atoms with van der Waals surface area (Å²) in [6.45, 7) is 0. The van der Waals surface area contributed by atoms with Crippen LogP contribution in [0.2, 0.25) is 0 Å². The summed E-state index contributed by atoms with van der Waals surface area (Å²) in [5, 5.41) is -0.169. The molecule has 0 amide bonds. The van der Waals surface area contributed by atoms with Gasteiger partial charge in [-0.1, -0.05) is 0 Å². The normalized spacial score (nSPS) is 11.7. The minimum atomic E-state index is -2.30. The molecule has 0 aliphatic rings. The molecule has 0 spiro atoms. The molecule has 1 atom stereocenters. The number of aromatic nitrogens is 2. The Morgan fingerprint density at radius 3 is 2.20 bits per heavy atom. The summed E-state index contributed by atoms with van der Waals surface area (Å²) in [7, 11) is 0. The fraction of sp³-hybridized carbons (Fsp3) is 0. The van der Waals surface area contributed by atoms with Gasteiger partial charge in [-0.15, -0.1) is 0 Å². The van der Waals surface area contributed by atoms with Gasteiger partial charge in [-0.2, -0.15) is 0 Å². The second-order valence-electron chi connectivity index (χ2n) is 1.27. The van der Waals surface area contributed by atoms with E-state index in [1.165, 1.54) is 12.4 Å². The van der Waals surface area contributed by atoms with Gasteiger partial charge in [0.1, 0.15) is 0 Å². The maximum absolute atomic E-state index is 10.1. The first-order chi connectivity index (χ1) is 4.30. The van der Waals surface area contributed by atoms with E-state index >= 15 is 0 Å². The SMILES string of the molecule is O=S([O-])c1ncccn1.[Na+]. The average Bonchev–Trinajstić information content (AvgIpc) is 1.90. The summed E-state index contributed by atoms with van der Waals surface area (Å²) in [6.07, 6.45) is 2.75. The fourth-order valence-electron chi connectivity index (χ4n) is 0.371. The summed E-state index contributed by atoms with van der Waals surface area (Å²) >= 11 is -2.30. The Labute approximate surface area is 82.7 Å². The van der Waals surface area contributed by atoms with Crippen molar-refractivity contribution in [3.8, 4) is 0 Å². The van der Waals surface area contributed by atoms with Crippen molar-refractivity contribution in [2.75, 3.05) is 0 Å². The Balaban J connectivity index is 0.000000810. The van der Waals surface area contributed by atoms with Crippen LogP contribution in [0.15, 0.2) is 23.6 Å². The van der Waals surface area contributed by atoms with E-state index < -0.39 is 11.1 Å². The zero-order chi connectivity index (χ0) is 6.69. The Morgan fingerprint density at radius 2 is 1.90 bits per heavy atom. The molecule has 1 aromatic rings. The van der Waals surface area contributed by atoms with E-state index in [0.29, 0.717) is 0 Å². The molecule has 6 heteroatoms. The zero-order valence-electron chi connectivity index (χ0n) is 5.35. The monoisotopic (exact) mass is 166 g/mol. The van der Waals surface area contributed by atoms with Crippen molar-refractivity contribution in [3.63, 3.8) is 0 Å². The van der Waals surface area contributed by atoms with Crippen molar-refractivity contribution in [2.24, 2.45) is 0 Å². The van der Waals surface area contributed by atoms with Gasteiger partial charge < -0.3 is 4.55 Å². The molecule has 0 aromatic carbocycles. The van der Waals surface area contributed by atoms with Crippen molar-refractivity contribution in [2.45, 2.75) is 5.16 Å². The quantitative estimate of drug-likeness (QED) is 0.249. The predicted octanol–water partition coefficient (Wildman–Crippen LogP) is -3.28. The van der Waals surface area contributed by atoms with E-state index in [9.17, 15) is 8.76 Å². The van der Waals surface area contributed by atoms with Gasteiger partial charge in [0.2, 0.25) is 5.16 Å². The third-order valence-electron chi connectivity index (χ3n) is 0.691. The summed E-state index contributed by atoms with van der Waals surface area (Å²) in [4.78, 5) is 6.91. The molecular formula is C4H3N2NaO2S. The van der Waals surface area contributed by atoms with Crippen LogP contribution in [0, 0.1) is 0 Å². The molecule has 0 aliphatic carbocycles. The number of rotatable bonds is 1. The van der Waals surface area contributed by atoms with E-state index in [-0.39, 0.29) is 34.7 Å². The molecule has 0 saturated carbocycles. The molecule has 4 nitrogen and oxygen atoms in total. The number of hydrogen-bond donors (Lipinski definition) is 0. The molecule has 0 bridgehead atoms. The molecule has 1 unspecified atom stereocenters. The van der Waals surface area contributed by atoms with Gasteiger partial charge >= 0.3 is 29.6 Å². The molecule has 0 radical (unpaired) electrons. The van der Waals surface area contributed by atoms with Crippen LogP contribution in [-0.4, -0.2) is 18.7 Å². The van der Waals surface area contributed by atoms with Crippen molar-refractivity contribution >= 4 is 11.1 Å². The largest absolute Gasteiger partial charge is 1.00 e. The van der Waals surface area contributed by atoms with E-state index in [0.717, 1.165) is 0 Å². The summed E-state index contributed by atoms with van der Waals surface area (Å²) < 4.78 is 20.2. The molecule has 0 saturated heterocycles. The summed E-state index contributed by atoms with van der Waals surface area (Å²) in [5.74, 6) is 0. The zero-order valence-corrected chi connectivity index (χ0v) is 8.17. The predicted molar refractivity (Wildman–Crippen MR) is 29.2 cm³/mol. The van der Waals surface area contributed by atoms with Crippen molar-refractivity contribution in [3.05, 3.63) is 18.5 Å². The third-order valence-corrected chi connectivity index (χ3v) is 1.20. The fourth-order valence-corrected chi connectivity index (χ4v) is 0.665.